The normalized spacial score (nSPS) is 12.9. The molecule has 1 unspecified atom stereocenters. The fourth-order valence-electron chi connectivity index (χ4n) is 1.90. The Balaban J connectivity index is 2.34. The van der Waals surface area contributed by atoms with E-state index in [1.54, 1.807) is 0 Å². The van der Waals surface area contributed by atoms with Gasteiger partial charge < -0.3 is 10.5 Å². The van der Waals surface area contributed by atoms with E-state index in [-0.39, 0.29) is 6.04 Å². The Morgan fingerprint density at radius 1 is 1.47 bits per heavy atom. The minimum absolute atomic E-state index is 0.204. The third-order valence-electron chi connectivity index (χ3n) is 2.93. The van der Waals surface area contributed by atoms with E-state index in [4.69, 9.17) is 10.5 Å². The van der Waals surface area contributed by atoms with Gasteiger partial charge in [-0.05, 0) is 32.3 Å². The lowest BCUT2D eigenvalue weighted by Gasteiger charge is -2.11. The quantitative estimate of drug-likeness (QED) is 0.702. The highest BCUT2D eigenvalue weighted by atomic mass is 16.5. The maximum atomic E-state index is 6.11. The van der Waals surface area contributed by atoms with Gasteiger partial charge in [-0.25, -0.2) is 0 Å². The standard InChI is InChI=1S/C13H25N3O/c1-4-12-10-13(16(3)15-12)9-11(14)7-6-8-17-5-2/h10-11H,4-9,14H2,1-3H3. The van der Waals surface area contributed by atoms with Crippen LogP contribution in [0, 0.1) is 0 Å². The van der Waals surface area contributed by atoms with E-state index < -0.39 is 0 Å². The molecule has 0 spiro atoms. The first-order chi connectivity index (χ1) is 8.17. The molecule has 0 amide bonds. The predicted octanol–water partition coefficient (Wildman–Crippen LogP) is 1.67. The lowest BCUT2D eigenvalue weighted by molar-refractivity contribution is 0.142. The molecular formula is C13H25N3O. The van der Waals surface area contributed by atoms with Crippen LogP contribution in [0.25, 0.3) is 0 Å². The first-order valence-electron chi connectivity index (χ1n) is 6.52. The number of nitrogens with two attached hydrogens (primary N) is 1. The van der Waals surface area contributed by atoms with Crippen LogP contribution in [-0.2, 0) is 24.6 Å². The Morgan fingerprint density at radius 3 is 2.82 bits per heavy atom. The summed E-state index contributed by atoms with van der Waals surface area (Å²) in [6, 6.07) is 2.36. The van der Waals surface area contributed by atoms with Crippen LogP contribution in [0.3, 0.4) is 0 Å². The zero-order valence-electron chi connectivity index (χ0n) is 11.3. The van der Waals surface area contributed by atoms with Crippen molar-refractivity contribution < 1.29 is 4.74 Å². The molecule has 0 fully saturated rings. The topological polar surface area (TPSA) is 53.1 Å². The van der Waals surface area contributed by atoms with Gasteiger partial charge in [-0.15, -0.1) is 0 Å². The summed E-state index contributed by atoms with van der Waals surface area (Å²) in [5.74, 6) is 0. The van der Waals surface area contributed by atoms with E-state index >= 15 is 0 Å². The smallest absolute Gasteiger partial charge is 0.0624 e. The van der Waals surface area contributed by atoms with Crippen LogP contribution in [0.4, 0.5) is 0 Å². The van der Waals surface area contributed by atoms with Gasteiger partial charge in [0.2, 0.25) is 0 Å². The first-order valence-corrected chi connectivity index (χ1v) is 6.52. The molecule has 98 valence electrons. The Morgan fingerprint density at radius 2 is 2.24 bits per heavy atom. The van der Waals surface area contributed by atoms with Crippen LogP contribution in [0.15, 0.2) is 6.07 Å². The molecule has 17 heavy (non-hydrogen) atoms. The van der Waals surface area contributed by atoms with Gasteiger partial charge in [-0.2, -0.15) is 5.10 Å². The summed E-state index contributed by atoms with van der Waals surface area (Å²) >= 11 is 0. The molecule has 0 aliphatic carbocycles. The summed E-state index contributed by atoms with van der Waals surface area (Å²) in [7, 11) is 1.99. The van der Waals surface area contributed by atoms with Crippen molar-refractivity contribution in [1.82, 2.24) is 9.78 Å². The molecule has 2 N–H and O–H groups in total. The van der Waals surface area contributed by atoms with E-state index in [1.807, 2.05) is 18.7 Å². The molecule has 4 heteroatoms. The fraction of sp³-hybridized carbons (Fsp3) is 0.769. The number of nitrogens with zero attached hydrogens (tertiary/aromatic N) is 2. The van der Waals surface area contributed by atoms with Crippen molar-refractivity contribution >= 4 is 0 Å². The van der Waals surface area contributed by atoms with Crippen molar-refractivity contribution in [2.45, 2.75) is 45.6 Å². The molecule has 1 aromatic heterocycles. The zero-order valence-corrected chi connectivity index (χ0v) is 11.3. The van der Waals surface area contributed by atoms with Crippen LogP contribution in [0.1, 0.15) is 38.1 Å². The van der Waals surface area contributed by atoms with Gasteiger partial charge in [0, 0.05) is 38.4 Å². The summed E-state index contributed by atoms with van der Waals surface area (Å²) < 4.78 is 7.25. The highest BCUT2D eigenvalue weighted by molar-refractivity contribution is 5.11. The van der Waals surface area contributed by atoms with Crippen LogP contribution in [0.5, 0.6) is 0 Å². The summed E-state index contributed by atoms with van der Waals surface area (Å²) in [6.45, 7) is 5.74. The predicted molar refractivity (Wildman–Crippen MR) is 70.0 cm³/mol. The van der Waals surface area contributed by atoms with Gasteiger partial charge >= 0.3 is 0 Å². The van der Waals surface area contributed by atoms with Crippen molar-refractivity contribution in [2.24, 2.45) is 12.8 Å². The van der Waals surface area contributed by atoms with Gasteiger partial charge in [0.1, 0.15) is 0 Å². The molecule has 4 nitrogen and oxygen atoms in total. The number of rotatable bonds is 8. The maximum absolute atomic E-state index is 6.11. The Kier molecular flexibility index (Phi) is 6.22. The molecule has 0 aliphatic heterocycles. The molecule has 1 rings (SSSR count). The van der Waals surface area contributed by atoms with Crippen LogP contribution < -0.4 is 5.73 Å². The van der Waals surface area contributed by atoms with Gasteiger partial charge in [0.25, 0.3) is 0 Å². The average Bonchev–Trinajstić information content (AvgIpc) is 2.66. The van der Waals surface area contributed by atoms with Gasteiger partial charge in [0.15, 0.2) is 0 Å². The van der Waals surface area contributed by atoms with Crippen LogP contribution >= 0.6 is 0 Å². The second-order valence-electron chi connectivity index (χ2n) is 4.41. The third-order valence-corrected chi connectivity index (χ3v) is 2.93. The van der Waals surface area contributed by atoms with Crippen molar-refractivity contribution in [2.75, 3.05) is 13.2 Å². The Labute approximate surface area is 104 Å². The average molecular weight is 239 g/mol. The van der Waals surface area contributed by atoms with Crippen molar-refractivity contribution in [3.8, 4) is 0 Å². The molecule has 0 bridgehead atoms. The Hall–Kier alpha value is -0.870. The van der Waals surface area contributed by atoms with E-state index in [0.29, 0.717) is 0 Å². The Bertz CT molecular complexity index is 322. The second kappa shape index (κ2) is 7.45. The number of ether oxygens (including phenoxy) is 1. The lowest BCUT2D eigenvalue weighted by Crippen LogP contribution is -2.24. The highest BCUT2D eigenvalue weighted by Gasteiger charge is 2.09. The number of hydrogen-bond acceptors (Lipinski definition) is 3. The first kappa shape index (κ1) is 14.2. The SMILES string of the molecule is CCOCCCC(N)Cc1cc(CC)nn1C. The van der Waals surface area contributed by atoms with Gasteiger partial charge in [-0.1, -0.05) is 6.92 Å². The molecular weight excluding hydrogens is 214 g/mol. The van der Waals surface area contributed by atoms with E-state index in [1.165, 1.54) is 5.69 Å². The lowest BCUT2D eigenvalue weighted by atomic mass is 10.1. The largest absolute Gasteiger partial charge is 0.382 e. The van der Waals surface area contributed by atoms with Gasteiger partial charge in [-0.3, -0.25) is 4.68 Å². The monoisotopic (exact) mass is 239 g/mol. The fourth-order valence-corrected chi connectivity index (χ4v) is 1.90. The number of aryl methyl sites for hydroxylation is 2. The van der Waals surface area contributed by atoms with Crippen molar-refractivity contribution in [3.05, 3.63) is 17.5 Å². The molecule has 0 aromatic carbocycles. The molecule has 1 heterocycles. The summed E-state index contributed by atoms with van der Waals surface area (Å²) in [5.41, 5.74) is 8.48. The molecule has 1 aromatic rings. The zero-order chi connectivity index (χ0) is 12.7. The number of hydrogen-bond donors (Lipinski definition) is 1. The van der Waals surface area contributed by atoms with E-state index in [2.05, 4.69) is 18.1 Å². The molecule has 0 saturated heterocycles. The summed E-state index contributed by atoms with van der Waals surface area (Å²) in [6.07, 6.45) is 3.92. The van der Waals surface area contributed by atoms with Gasteiger partial charge in [0.05, 0.1) is 5.69 Å². The van der Waals surface area contributed by atoms with E-state index in [0.717, 1.165) is 44.6 Å². The minimum Gasteiger partial charge on any atom is -0.382 e. The molecule has 0 saturated carbocycles. The minimum atomic E-state index is 0.204. The molecule has 0 aliphatic rings. The van der Waals surface area contributed by atoms with Crippen LogP contribution in [0.2, 0.25) is 0 Å². The van der Waals surface area contributed by atoms with Crippen molar-refractivity contribution in [3.63, 3.8) is 0 Å². The highest BCUT2D eigenvalue weighted by Crippen LogP contribution is 2.08. The summed E-state index contributed by atoms with van der Waals surface area (Å²) in [4.78, 5) is 0. The molecule has 1 atom stereocenters. The van der Waals surface area contributed by atoms with Crippen LogP contribution in [-0.4, -0.2) is 29.0 Å². The third kappa shape index (κ3) is 4.88. The number of aromatic nitrogens is 2. The van der Waals surface area contributed by atoms with Crippen molar-refractivity contribution in [1.29, 1.82) is 0 Å². The second-order valence-corrected chi connectivity index (χ2v) is 4.41. The van der Waals surface area contributed by atoms with E-state index in [9.17, 15) is 0 Å². The maximum Gasteiger partial charge on any atom is 0.0624 e. The molecule has 0 radical (unpaired) electrons. The summed E-state index contributed by atoms with van der Waals surface area (Å²) in [5, 5.41) is 4.43.